The van der Waals surface area contributed by atoms with Crippen molar-refractivity contribution in [2.24, 2.45) is 0 Å². The van der Waals surface area contributed by atoms with Gasteiger partial charge in [0.25, 0.3) is 5.56 Å². The molecule has 1 heterocycles. The molecule has 0 unspecified atom stereocenters. The standard InChI is InChI=1S/C11H12N2O2/c1-6-9(15-3)5-4-8-10(6)11(14)13-7(2)12-8/h4-5H,1-3H3,(H,12,13,14). The van der Waals surface area contributed by atoms with Gasteiger partial charge in [0.2, 0.25) is 0 Å². The highest BCUT2D eigenvalue weighted by Gasteiger charge is 2.08. The maximum absolute atomic E-state index is 11.7. The summed E-state index contributed by atoms with van der Waals surface area (Å²) < 4.78 is 5.16. The molecule has 0 amide bonds. The molecule has 0 spiro atoms. The third kappa shape index (κ3) is 1.48. The molecule has 0 saturated carbocycles. The number of ether oxygens (including phenoxy) is 1. The molecule has 1 N–H and O–H groups in total. The van der Waals surface area contributed by atoms with E-state index in [9.17, 15) is 4.79 Å². The number of aryl methyl sites for hydroxylation is 2. The first-order chi connectivity index (χ1) is 7.13. The van der Waals surface area contributed by atoms with Crippen LogP contribution in [0.1, 0.15) is 11.4 Å². The molecule has 78 valence electrons. The second-order valence-corrected chi connectivity index (χ2v) is 3.44. The van der Waals surface area contributed by atoms with Crippen LogP contribution in [0, 0.1) is 13.8 Å². The van der Waals surface area contributed by atoms with Gasteiger partial charge in [-0.25, -0.2) is 4.98 Å². The van der Waals surface area contributed by atoms with E-state index in [-0.39, 0.29) is 5.56 Å². The number of rotatable bonds is 1. The molecule has 0 saturated heterocycles. The summed E-state index contributed by atoms with van der Waals surface area (Å²) in [5.74, 6) is 1.33. The zero-order valence-corrected chi connectivity index (χ0v) is 8.92. The van der Waals surface area contributed by atoms with Gasteiger partial charge in [0.05, 0.1) is 18.0 Å². The molecule has 2 rings (SSSR count). The van der Waals surface area contributed by atoms with Gasteiger partial charge in [0, 0.05) is 5.56 Å². The zero-order valence-electron chi connectivity index (χ0n) is 8.92. The first kappa shape index (κ1) is 9.71. The van der Waals surface area contributed by atoms with E-state index in [1.54, 1.807) is 20.1 Å². The Bertz CT molecular complexity index is 573. The number of fused-ring (bicyclic) bond motifs is 1. The Labute approximate surface area is 86.9 Å². The van der Waals surface area contributed by atoms with E-state index < -0.39 is 0 Å². The molecular weight excluding hydrogens is 192 g/mol. The topological polar surface area (TPSA) is 55.0 Å². The second-order valence-electron chi connectivity index (χ2n) is 3.44. The summed E-state index contributed by atoms with van der Waals surface area (Å²) in [5.41, 5.74) is 1.41. The van der Waals surface area contributed by atoms with Crippen molar-refractivity contribution in [2.75, 3.05) is 7.11 Å². The van der Waals surface area contributed by atoms with Crippen molar-refractivity contribution in [3.05, 3.63) is 33.9 Å². The number of nitrogens with zero attached hydrogens (tertiary/aromatic N) is 1. The number of aromatic amines is 1. The third-order valence-electron chi connectivity index (χ3n) is 2.42. The molecule has 0 aliphatic rings. The molecule has 0 radical (unpaired) electrons. The lowest BCUT2D eigenvalue weighted by molar-refractivity contribution is 0.412. The quantitative estimate of drug-likeness (QED) is 0.766. The Kier molecular flexibility index (Phi) is 2.19. The fourth-order valence-electron chi connectivity index (χ4n) is 1.71. The van der Waals surface area contributed by atoms with Crippen molar-refractivity contribution >= 4 is 10.9 Å². The predicted octanol–water partition coefficient (Wildman–Crippen LogP) is 1.55. The highest BCUT2D eigenvalue weighted by atomic mass is 16.5. The summed E-state index contributed by atoms with van der Waals surface area (Å²) in [4.78, 5) is 18.7. The molecular formula is C11H12N2O2. The first-order valence-electron chi connectivity index (χ1n) is 4.67. The van der Waals surface area contributed by atoms with Gasteiger partial charge in [0.15, 0.2) is 0 Å². The maximum Gasteiger partial charge on any atom is 0.259 e. The molecule has 0 bridgehead atoms. The summed E-state index contributed by atoms with van der Waals surface area (Å²) in [5, 5.41) is 0.597. The predicted molar refractivity (Wildman–Crippen MR) is 58.4 cm³/mol. The Morgan fingerprint density at radius 3 is 2.73 bits per heavy atom. The van der Waals surface area contributed by atoms with Crippen LogP contribution in [0.4, 0.5) is 0 Å². The van der Waals surface area contributed by atoms with Gasteiger partial charge in [-0.1, -0.05) is 0 Å². The average molecular weight is 204 g/mol. The van der Waals surface area contributed by atoms with Crippen LogP contribution in [0.3, 0.4) is 0 Å². The van der Waals surface area contributed by atoms with Gasteiger partial charge in [-0.15, -0.1) is 0 Å². The fourth-order valence-corrected chi connectivity index (χ4v) is 1.71. The van der Waals surface area contributed by atoms with Gasteiger partial charge < -0.3 is 9.72 Å². The van der Waals surface area contributed by atoms with Crippen LogP contribution in [-0.4, -0.2) is 17.1 Å². The highest BCUT2D eigenvalue weighted by Crippen LogP contribution is 2.23. The van der Waals surface area contributed by atoms with Crippen LogP contribution in [-0.2, 0) is 0 Å². The van der Waals surface area contributed by atoms with E-state index in [2.05, 4.69) is 9.97 Å². The number of nitrogens with one attached hydrogen (secondary N) is 1. The van der Waals surface area contributed by atoms with Crippen molar-refractivity contribution in [1.29, 1.82) is 0 Å². The molecule has 15 heavy (non-hydrogen) atoms. The van der Waals surface area contributed by atoms with E-state index >= 15 is 0 Å². The summed E-state index contributed by atoms with van der Waals surface area (Å²) in [6, 6.07) is 3.62. The van der Waals surface area contributed by atoms with Crippen molar-refractivity contribution in [2.45, 2.75) is 13.8 Å². The molecule has 1 aromatic carbocycles. The minimum absolute atomic E-state index is 0.117. The van der Waals surface area contributed by atoms with E-state index in [0.29, 0.717) is 22.5 Å². The van der Waals surface area contributed by atoms with Crippen LogP contribution in [0.15, 0.2) is 16.9 Å². The fraction of sp³-hybridized carbons (Fsp3) is 0.273. The Morgan fingerprint density at radius 1 is 1.33 bits per heavy atom. The lowest BCUT2D eigenvalue weighted by Crippen LogP contribution is -2.11. The van der Waals surface area contributed by atoms with Gasteiger partial charge in [-0.2, -0.15) is 0 Å². The third-order valence-corrected chi connectivity index (χ3v) is 2.42. The molecule has 0 fully saturated rings. The maximum atomic E-state index is 11.7. The van der Waals surface area contributed by atoms with E-state index in [4.69, 9.17) is 4.74 Å². The molecule has 0 atom stereocenters. The smallest absolute Gasteiger partial charge is 0.259 e. The number of methoxy groups -OCH3 is 1. The molecule has 0 aliphatic carbocycles. The van der Waals surface area contributed by atoms with Gasteiger partial charge >= 0.3 is 0 Å². The molecule has 4 nitrogen and oxygen atoms in total. The summed E-state index contributed by atoms with van der Waals surface area (Å²) >= 11 is 0. The summed E-state index contributed by atoms with van der Waals surface area (Å²) in [7, 11) is 1.59. The largest absolute Gasteiger partial charge is 0.496 e. The number of benzene rings is 1. The zero-order chi connectivity index (χ0) is 11.0. The van der Waals surface area contributed by atoms with Crippen molar-refractivity contribution in [3.8, 4) is 5.75 Å². The van der Waals surface area contributed by atoms with E-state index in [1.165, 1.54) is 0 Å². The van der Waals surface area contributed by atoms with Crippen LogP contribution < -0.4 is 10.3 Å². The number of aromatic nitrogens is 2. The van der Waals surface area contributed by atoms with Crippen LogP contribution >= 0.6 is 0 Å². The first-order valence-corrected chi connectivity index (χ1v) is 4.67. The SMILES string of the molecule is COc1ccc2nc(C)[nH]c(=O)c2c1C. The van der Waals surface area contributed by atoms with Gasteiger partial charge in [0.1, 0.15) is 11.6 Å². The number of hydrogen-bond acceptors (Lipinski definition) is 3. The van der Waals surface area contributed by atoms with E-state index in [1.807, 2.05) is 13.0 Å². The second kappa shape index (κ2) is 3.38. The number of H-pyrrole nitrogens is 1. The minimum atomic E-state index is -0.117. The van der Waals surface area contributed by atoms with Crippen molar-refractivity contribution < 1.29 is 4.74 Å². The molecule has 2 aromatic rings. The Hall–Kier alpha value is -1.84. The van der Waals surface area contributed by atoms with Gasteiger partial charge in [-0.3, -0.25) is 4.79 Å². The monoisotopic (exact) mass is 204 g/mol. The van der Waals surface area contributed by atoms with E-state index in [0.717, 1.165) is 5.56 Å². The summed E-state index contributed by atoms with van der Waals surface area (Å²) in [6.45, 7) is 3.62. The molecule has 0 aliphatic heterocycles. The lowest BCUT2D eigenvalue weighted by Gasteiger charge is -2.07. The highest BCUT2D eigenvalue weighted by molar-refractivity contribution is 5.83. The van der Waals surface area contributed by atoms with Gasteiger partial charge in [-0.05, 0) is 26.0 Å². The van der Waals surface area contributed by atoms with Crippen LogP contribution in [0.5, 0.6) is 5.75 Å². The average Bonchev–Trinajstić information content (AvgIpc) is 2.17. The van der Waals surface area contributed by atoms with Crippen molar-refractivity contribution in [1.82, 2.24) is 9.97 Å². The molecule has 4 heteroatoms. The van der Waals surface area contributed by atoms with Crippen LogP contribution in [0.25, 0.3) is 10.9 Å². The lowest BCUT2D eigenvalue weighted by atomic mass is 10.1. The number of hydrogen-bond donors (Lipinski definition) is 1. The Balaban J connectivity index is 2.93. The van der Waals surface area contributed by atoms with Crippen molar-refractivity contribution in [3.63, 3.8) is 0 Å². The molecule has 1 aromatic heterocycles. The Morgan fingerprint density at radius 2 is 2.07 bits per heavy atom. The van der Waals surface area contributed by atoms with Crippen LogP contribution in [0.2, 0.25) is 0 Å². The summed E-state index contributed by atoms with van der Waals surface area (Å²) in [6.07, 6.45) is 0. The normalized spacial score (nSPS) is 10.6. The minimum Gasteiger partial charge on any atom is -0.496 e.